The number of hydrogen-bond donors (Lipinski definition) is 2. The summed E-state index contributed by atoms with van der Waals surface area (Å²) < 4.78 is 24.4. The van der Waals surface area contributed by atoms with Gasteiger partial charge in [-0.05, 0) is 30.5 Å². The van der Waals surface area contributed by atoms with Crippen LogP contribution in [-0.2, 0) is 16.3 Å². The number of benzene rings is 2. The van der Waals surface area contributed by atoms with Crippen molar-refractivity contribution in [3.05, 3.63) is 66.2 Å². The number of aryl methyl sites for hydroxylation is 1. The number of sulfone groups is 1. The highest BCUT2D eigenvalue weighted by molar-refractivity contribution is 14.0. The van der Waals surface area contributed by atoms with Crippen LogP contribution in [0.25, 0.3) is 0 Å². The molecule has 0 bridgehead atoms. The first-order valence-corrected chi connectivity index (χ1v) is 10.0. The molecule has 0 aliphatic heterocycles. The minimum absolute atomic E-state index is 0. The van der Waals surface area contributed by atoms with E-state index in [0.717, 1.165) is 19.4 Å². The molecular weight excluding hydrogens is 461 g/mol. The molecule has 0 aromatic heterocycles. The molecule has 2 N–H and O–H groups in total. The van der Waals surface area contributed by atoms with Crippen molar-refractivity contribution >= 4 is 39.8 Å². The Morgan fingerprint density at radius 3 is 2.12 bits per heavy atom. The molecule has 0 unspecified atom stereocenters. The fourth-order valence-corrected chi connectivity index (χ4v) is 3.59. The number of aliphatic imine (C=N–C) groups is 1. The third-order valence-corrected chi connectivity index (χ3v) is 5.50. The molecule has 0 spiro atoms. The van der Waals surface area contributed by atoms with Crippen molar-refractivity contribution < 1.29 is 8.42 Å². The van der Waals surface area contributed by atoms with Gasteiger partial charge in [-0.3, -0.25) is 4.99 Å². The van der Waals surface area contributed by atoms with Gasteiger partial charge in [-0.25, -0.2) is 8.42 Å². The standard InChI is InChI=1S/C19H25N3O2S.HI/c1-20-19(21-14-8-11-17-9-4-2-5-10-17)22-15-16-25(23,24)18-12-6-3-7-13-18;/h2-7,9-10,12-13H,8,11,14-16H2,1H3,(H2,20,21,22);1H. The zero-order valence-electron chi connectivity index (χ0n) is 14.9. The van der Waals surface area contributed by atoms with Crippen LogP contribution in [0.2, 0.25) is 0 Å². The summed E-state index contributed by atoms with van der Waals surface area (Å²) in [6.45, 7) is 1.09. The second-order valence-electron chi connectivity index (χ2n) is 5.65. The van der Waals surface area contributed by atoms with E-state index in [-0.39, 0.29) is 29.7 Å². The first-order chi connectivity index (χ1) is 12.1. The van der Waals surface area contributed by atoms with E-state index >= 15 is 0 Å². The van der Waals surface area contributed by atoms with Crippen molar-refractivity contribution in [3.8, 4) is 0 Å². The highest BCUT2D eigenvalue weighted by atomic mass is 127. The SMILES string of the molecule is CN=C(NCCCc1ccccc1)NCCS(=O)(=O)c1ccccc1.I. The van der Waals surface area contributed by atoms with Crippen LogP contribution in [-0.4, -0.2) is 40.3 Å². The Hall–Kier alpha value is -1.61. The normalized spacial score (nSPS) is 11.5. The van der Waals surface area contributed by atoms with Gasteiger partial charge in [0.1, 0.15) is 0 Å². The third kappa shape index (κ3) is 7.74. The zero-order valence-corrected chi connectivity index (χ0v) is 18.0. The molecule has 2 aromatic carbocycles. The van der Waals surface area contributed by atoms with Gasteiger partial charge < -0.3 is 10.6 Å². The van der Waals surface area contributed by atoms with E-state index < -0.39 is 9.84 Å². The second kappa shape index (κ2) is 11.9. The molecule has 0 aliphatic carbocycles. The fraction of sp³-hybridized carbons (Fsp3) is 0.316. The van der Waals surface area contributed by atoms with Crippen LogP contribution < -0.4 is 10.6 Å². The number of nitrogens with one attached hydrogen (secondary N) is 2. The molecule has 142 valence electrons. The summed E-state index contributed by atoms with van der Waals surface area (Å²) in [4.78, 5) is 4.47. The van der Waals surface area contributed by atoms with Crippen LogP contribution in [0.3, 0.4) is 0 Å². The van der Waals surface area contributed by atoms with Crippen molar-refractivity contribution in [2.75, 3.05) is 25.9 Å². The molecule has 0 saturated carbocycles. The lowest BCUT2D eigenvalue weighted by Crippen LogP contribution is -2.40. The largest absolute Gasteiger partial charge is 0.356 e. The first-order valence-electron chi connectivity index (χ1n) is 8.38. The topological polar surface area (TPSA) is 70.6 Å². The van der Waals surface area contributed by atoms with Crippen LogP contribution in [0.5, 0.6) is 0 Å². The molecule has 0 amide bonds. The lowest BCUT2D eigenvalue weighted by molar-refractivity contribution is 0.594. The maximum absolute atomic E-state index is 12.2. The van der Waals surface area contributed by atoms with Crippen molar-refractivity contribution in [2.24, 2.45) is 4.99 Å². The Balaban J connectivity index is 0.00000338. The van der Waals surface area contributed by atoms with Crippen molar-refractivity contribution in [2.45, 2.75) is 17.7 Å². The summed E-state index contributed by atoms with van der Waals surface area (Å²) in [5.41, 5.74) is 1.31. The summed E-state index contributed by atoms with van der Waals surface area (Å²) in [6, 6.07) is 18.8. The van der Waals surface area contributed by atoms with E-state index in [1.165, 1.54) is 5.56 Å². The van der Waals surface area contributed by atoms with E-state index in [0.29, 0.717) is 17.4 Å². The summed E-state index contributed by atoms with van der Waals surface area (Å²) in [6.07, 6.45) is 1.97. The van der Waals surface area contributed by atoms with Crippen LogP contribution in [0.15, 0.2) is 70.6 Å². The summed E-state index contributed by atoms with van der Waals surface area (Å²) in [7, 11) is -1.59. The summed E-state index contributed by atoms with van der Waals surface area (Å²) in [5.74, 6) is 0.651. The molecule has 0 radical (unpaired) electrons. The van der Waals surface area contributed by atoms with Gasteiger partial charge in [-0.15, -0.1) is 24.0 Å². The molecule has 2 rings (SSSR count). The van der Waals surface area contributed by atoms with E-state index in [2.05, 4.69) is 27.8 Å². The molecule has 0 atom stereocenters. The van der Waals surface area contributed by atoms with Gasteiger partial charge in [-0.1, -0.05) is 48.5 Å². The molecule has 0 heterocycles. The summed E-state index contributed by atoms with van der Waals surface area (Å²) >= 11 is 0. The Morgan fingerprint density at radius 1 is 0.923 bits per heavy atom. The lowest BCUT2D eigenvalue weighted by atomic mass is 10.1. The van der Waals surface area contributed by atoms with Gasteiger partial charge in [0, 0.05) is 20.1 Å². The molecule has 2 aromatic rings. The first kappa shape index (κ1) is 22.4. The lowest BCUT2D eigenvalue weighted by Gasteiger charge is -2.12. The predicted molar refractivity (Wildman–Crippen MR) is 118 cm³/mol. The number of rotatable bonds is 8. The average Bonchev–Trinajstić information content (AvgIpc) is 2.65. The summed E-state index contributed by atoms with van der Waals surface area (Å²) in [5, 5.41) is 6.26. The highest BCUT2D eigenvalue weighted by Gasteiger charge is 2.13. The monoisotopic (exact) mass is 487 g/mol. The van der Waals surface area contributed by atoms with Crippen molar-refractivity contribution in [3.63, 3.8) is 0 Å². The number of nitrogens with zero attached hydrogens (tertiary/aromatic N) is 1. The number of guanidine groups is 1. The Kier molecular flexibility index (Phi) is 10.3. The maximum atomic E-state index is 12.2. The van der Waals surface area contributed by atoms with Crippen LogP contribution in [0, 0.1) is 0 Å². The highest BCUT2D eigenvalue weighted by Crippen LogP contribution is 2.09. The smallest absolute Gasteiger partial charge is 0.191 e. The van der Waals surface area contributed by atoms with E-state index in [1.807, 2.05) is 18.2 Å². The van der Waals surface area contributed by atoms with Gasteiger partial charge in [0.05, 0.1) is 10.6 Å². The van der Waals surface area contributed by atoms with E-state index in [4.69, 9.17) is 0 Å². The Morgan fingerprint density at radius 2 is 1.50 bits per heavy atom. The number of hydrogen-bond acceptors (Lipinski definition) is 3. The molecule has 0 aliphatic rings. The molecule has 0 fully saturated rings. The Bertz CT molecular complexity index is 766. The predicted octanol–water partition coefficient (Wildman–Crippen LogP) is 2.88. The minimum Gasteiger partial charge on any atom is -0.356 e. The van der Waals surface area contributed by atoms with Gasteiger partial charge in [-0.2, -0.15) is 0 Å². The maximum Gasteiger partial charge on any atom is 0.191 e. The van der Waals surface area contributed by atoms with Gasteiger partial charge in [0.15, 0.2) is 15.8 Å². The van der Waals surface area contributed by atoms with Crippen molar-refractivity contribution in [1.82, 2.24) is 10.6 Å². The fourth-order valence-electron chi connectivity index (χ4n) is 2.41. The van der Waals surface area contributed by atoms with E-state index in [1.54, 1.807) is 37.4 Å². The van der Waals surface area contributed by atoms with Gasteiger partial charge in [0.25, 0.3) is 0 Å². The molecule has 7 heteroatoms. The van der Waals surface area contributed by atoms with Crippen LogP contribution >= 0.6 is 24.0 Å². The molecule has 5 nitrogen and oxygen atoms in total. The third-order valence-electron chi connectivity index (χ3n) is 3.77. The Labute approximate surface area is 173 Å². The van der Waals surface area contributed by atoms with Crippen molar-refractivity contribution in [1.29, 1.82) is 0 Å². The van der Waals surface area contributed by atoms with Crippen LogP contribution in [0.1, 0.15) is 12.0 Å². The van der Waals surface area contributed by atoms with Gasteiger partial charge in [0.2, 0.25) is 0 Å². The second-order valence-corrected chi connectivity index (χ2v) is 7.76. The molecular formula is C19H26IN3O2S. The molecule has 0 saturated heterocycles. The zero-order chi connectivity index (χ0) is 18.0. The number of halogens is 1. The quantitative estimate of drug-likeness (QED) is 0.260. The van der Waals surface area contributed by atoms with Crippen LogP contribution in [0.4, 0.5) is 0 Å². The average molecular weight is 487 g/mol. The minimum atomic E-state index is -3.27. The molecule has 26 heavy (non-hydrogen) atoms. The van der Waals surface area contributed by atoms with Gasteiger partial charge >= 0.3 is 0 Å². The van der Waals surface area contributed by atoms with E-state index in [9.17, 15) is 8.42 Å².